The fourth-order valence-corrected chi connectivity index (χ4v) is 3.90. The van der Waals surface area contributed by atoms with E-state index in [1.807, 2.05) is 4.90 Å². The predicted molar refractivity (Wildman–Crippen MR) is 114 cm³/mol. The van der Waals surface area contributed by atoms with Gasteiger partial charge in [0, 0.05) is 32.1 Å². The van der Waals surface area contributed by atoms with Crippen LogP contribution in [-0.2, 0) is 4.74 Å². The van der Waals surface area contributed by atoms with Crippen molar-refractivity contribution in [3.8, 4) is 0 Å². The molecule has 1 saturated heterocycles. The highest BCUT2D eigenvalue weighted by atomic mass is 35.5. The van der Waals surface area contributed by atoms with Crippen LogP contribution in [0.4, 0.5) is 5.82 Å². The molecule has 0 unspecified atom stereocenters. The van der Waals surface area contributed by atoms with Gasteiger partial charge >= 0.3 is 5.97 Å². The zero-order valence-electron chi connectivity index (χ0n) is 16.7. The lowest BCUT2D eigenvalue weighted by atomic mass is 10.0. The highest BCUT2D eigenvalue weighted by Gasteiger charge is 2.33. The first-order valence-corrected chi connectivity index (χ1v) is 10.0. The molecule has 0 aromatic carbocycles. The first-order valence-electron chi connectivity index (χ1n) is 9.29. The maximum Gasteiger partial charge on any atom is 0.336 e. The van der Waals surface area contributed by atoms with Gasteiger partial charge in [-0.05, 0) is 19.4 Å². The second-order valence-corrected chi connectivity index (χ2v) is 7.86. The molecule has 0 saturated carbocycles. The number of aromatic carboxylic acids is 1. The summed E-state index contributed by atoms with van der Waals surface area (Å²) in [6.45, 7) is 2.51. The van der Waals surface area contributed by atoms with Gasteiger partial charge in [0.25, 0.3) is 11.8 Å². The molecular weight excluding hydrogens is 449 g/mol. The van der Waals surface area contributed by atoms with E-state index >= 15 is 0 Å². The highest BCUT2D eigenvalue weighted by molar-refractivity contribution is 6.44. The minimum atomic E-state index is -1.28. The van der Waals surface area contributed by atoms with Crippen LogP contribution in [-0.4, -0.2) is 65.2 Å². The van der Waals surface area contributed by atoms with Gasteiger partial charge in [-0.15, -0.1) is 0 Å². The van der Waals surface area contributed by atoms with Crippen molar-refractivity contribution in [2.75, 3.05) is 25.1 Å². The Labute approximate surface area is 187 Å². The summed E-state index contributed by atoms with van der Waals surface area (Å²) < 4.78 is 5.55. The second kappa shape index (κ2) is 9.13. The zero-order valence-corrected chi connectivity index (χ0v) is 18.3. The number of rotatable bonds is 6. The summed E-state index contributed by atoms with van der Waals surface area (Å²) in [6, 6.07) is 0.980. The van der Waals surface area contributed by atoms with Gasteiger partial charge in [0.05, 0.1) is 33.3 Å². The number of ether oxygens (including phenoxy) is 1. The minimum Gasteiger partial charge on any atom is -0.478 e. The largest absolute Gasteiger partial charge is 0.478 e. The number of halogens is 2. The lowest BCUT2D eigenvalue weighted by Gasteiger charge is -2.38. The Morgan fingerprint density at radius 3 is 2.58 bits per heavy atom. The highest BCUT2D eigenvalue weighted by Crippen LogP contribution is 2.29. The van der Waals surface area contributed by atoms with Crippen LogP contribution in [0.2, 0.25) is 10.0 Å². The summed E-state index contributed by atoms with van der Waals surface area (Å²) in [5.41, 5.74) is 5.60. The standard InChI is InChI=1S/C19H21Cl2N5O5/c1-8-14(20)15(21)16(24-8)18(28)25-11-3-4-26(7-12(11)31-2)13-5-9(19(29)30)10(6-23-13)17(22)27/h5-6,11-12,24H,3-4,7H2,1-2H3,(H2,22,27)(H,25,28)(H,29,30)/t11-,12+/m1/s1. The number of primary amides is 1. The molecule has 3 rings (SSSR count). The van der Waals surface area contributed by atoms with E-state index in [4.69, 9.17) is 33.7 Å². The Morgan fingerprint density at radius 2 is 2.03 bits per heavy atom. The van der Waals surface area contributed by atoms with E-state index in [1.165, 1.54) is 13.2 Å². The summed E-state index contributed by atoms with van der Waals surface area (Å²) in [7, 11) is 1.52. The van der Waals surface area contributed by atoms with Crippen molar-refractivity contribution in [3.63, 3.8) is 0 Å². The Kier molecular flexibility index (Phi) is 6.73. The van der Waals surface area contributed by atoms with Crippen LogP contribution in [0, 0.1) is 6.92 Å². The number of aromatic amines is 1. The molecule has 2 aromatic rings. The van der Waals surface area contributed by atoms with Gasteiger partial charge in [-0.1, -0.05) is 23.2 Å². The Hall–Kier alpha value is -2.82. The smallest absolute Gasteiger partial charge is 0.336 e. The van der Waals surface area contributed by atoms with Crippen molar-refractivity contribution in [1.82, 2.24) is 15.3 Å². The van der Waals surface area contributed by atoms with Gasteiger partial charge < -0.3 is 30.8 Å². The van der Waals surface area contributed by atoms with Gasteiger partial charge in [0.1, 0.15) is 11.5 Å². The van der Waals surface area contributed by atoms with E-state index in [0.29, 0.717) is 36.0 Å². The Morgan fingerprint density at radius 1 is 1.32 bits per heavy atom. The number of carbonyl (C=O) groups is 3. The minimum absolute atomic E-state index is 0.156. The number of nitrogens with two attached hydrogens (primary N) is 1. The molecule has 166 valence electrons. The fourth-order valence-electron chi connectivity index (χ4n) is 3.49. The molecule has 0 bridgehead atoms. The summed E-state index contributed by atoms with van der Waals surface area (Å²) in [5.74, 6) is -2.19. The number of aromatic nitrogens is 2. The monoisotopic (exact) mass is 469 g/mol. The molecule has 1 aliphatic heterocycles. The number of hydrogen-bond acceptors (Lipinski definition) is 6. The van der Waals surface area contributed by atoms with Crippen LogP contribution in [0.5, 0.6) is 0 Å². The molecule has 1 aliphatic rings. The quantitative estimate of drug-likeness (QED) is 0.503. The summed E-state index contributed by atoms with van der Waals surface area (Å²) in [6.07, 6.45) is 1.24. The predicted octanol–water partition coefficient (Wildman–Crippen LogP) is 1.85. The summed E-state index contributed by atoms with van der Waals surface area (Å²) >= 11 is 12.2. The van der Waals surface area contributed by atoms with Crippen molar-refractivity contribution in [2.45, 2.75) is 25.5 Å². The van der Waals surface area contributed by atoms with Crippen LogP contribution in [0.25, 0.3) is 0 Å². The van der Waals surface area contributed by atoms with Crippen LogP contribution < -0.4 is 16.0 Å². The van der Waals surface area contributed by atoms with Crippen molar-refractivity contribution in [2.24, 2.45) is 5.73 Å². The van der Waals surface area contributed by atoms with Crippen molar-refractivity contribution in [3.05, 3.63) is 44.8 Å². The number of nitrogens with zero attached hydrogens (tertiary/aromatic N) is 2. The molecule has 31 heavy (non-hydrogen) atoms. The average Bonchev–Trinajstić information content (AvgIpc) is 3.00. The first-order chi connectivity index (χ1) is 14.6. The number of hydrogen-bond donors (Lipinski definition) is 4. The maximum atomic E-state index is 12.7. The van der Waals surface area contributed by atoms with Crippen molar-refractivity contribution in [1.29, 1.82) is 0 Å². The number of anilines is 1. The third-order valence-electron chi connectivity index (χ3n) is 5.17. The molecule has 10 nitrogen and oxygen atoms in total. The van der Waals surface area contributed by atoms with Gasteiger partial charge in [0.15, 0.2) is 0 Å². The van der Waals surface area contributed by atoms with Gasteiger partial charge in [-0.25, -0.2) is 9.78 Å². The van der Waals surface area contributed by atoms with E-state index in [-0.39, 0.29) is 27.9 Å². The molecule has 12 heteroatoms. The number of nitrogens with one attached hydrogen (secondary N) is 2. The molecule has 0 radical (unpaired) electrons. The SMILES string of the molecule is CO[C@H]1CN(c2cc(C(=O)O)c(C(N)=O)cn2)CC[C@H]1NC(=O)c1[nH]c(C)c(Cl)c1Cl. The van der Waals surface area contributed by atoms with Crippen LogP contribution >= 0.6 is 23.2 Å². The third-order valence-corrected chi connectivity index (χ3v) is 6.12. The zero-order chi connectivity index (χ0) is 22.9. The number of pyridine rings is 1. The van der Waals surface area contributed by atoms with E-state index in [9.17, 15) is 19.5 Å². The van der Waals surface area contributed by atoms with E-state index in [0.717, 1.165) is 6.20 Å². The first kappa shape index (κ1) is 22.9. The van der Waals surface area contributed by atoms with Crippen LogP contribution in [0.15, 0.2) is 12.3 Å². The van der Waals surface area contributed by atoms with Gasteiger partial charge in [-0.2, -0.15) is 0 Å². The number of H-pyrrole nitrogens is 1. The number of carboxylic acids is 1. The van der Waals surface area contributed by atoms with Crippen LogP contribution in [0.3, 0.4) is 0 Å². The molecule has 2 aromatic heterocycles. The lowest BCUT2D eigenvalue weighted by Crippen LogP contribution is -2.55. The molecule has 5 N–H and O–H groups in total. The average molecular weight is 470 g/mol. The van der Waals surface area contributed by atoms with Gasteiger partial charge in [0.2, 0.25) is 0 Å². The molecular formula is C19H21Cl2N5O5. The number of carbonyl (C=O) groups excluding carboxylic acids is 2. The molecule has 1 fully saturated rings. The van der Waals surface area contributed by atoms with Crippen molar-refractivity contribution >= 4 is 46.8 Å². The van der Waals surface area contributed by atoms with Gasteiger partial charge in [-0.3, -0.25) is 9.59 Å². The molecule has 2 amide bonds. The van der Waals surface area contributed by atoms with E-state index in [1.54, 1.807) is 6.92 Å². The lowest BCUT2D eigenvalue weighted by molar-refractivity contribution is 0.0538. The third kappa shape index (κ3) is 4.60. The summed E-state index contributed by atoms with van der Waals surface area (Å²) in [4.78, 5) is 44.5. The normalized spacial score (nSPS) is 18.6. The summed E-state index contributed by atoms with van der Waals surface area (Å²) in [5, 5.41) is 12.7. The fraction of sp³-hybridized carbons (Fsp3) is 0.368. The molecule has 2 atom stereocenters. The topological polar surface area (TPSA) is 151 Å². The Balaban J connectivity index is 1.76. The number of piperidine rings is 1. The Bertz CT molecular complexity index is 1040. The molecule has 0 aliphatic carbocycles. The molecule has 3 heterocycles. The maximum absolute atomic E-state index is 12.7. The molecule has 0 spiro atoms. The van der Waals surface area contributed by atoms with E-state index < -0.39 is 23.9 Å². The number of aryl methyl sites for hydroxylation is 1. The number of amides is 2. The number of carboxylic acid groups (broad SMARTS) is 1. The second-order valence-electron chi connectivity index (χ2n) is 7.10. The van der Waals surface area contributed by atoms with Crippen molar-refractivity contribution < 1.29 is 24.2 Å². The van der Waals surface area contributed by atoms with Crippen LogP contribution in [0.1, 0.15) is 43.3 Å². The van der Waals surface area contributed by atoms with E-state index in [2.05, 4.69) is 15.3 Å². The number of methoxy groups -OCH3 is 1.